The van der Waals surface area contributed by atoms with Gasteiger partial charge in [0.15, 0.2) is 0 Å². The molecule has 2 atom stereocenters. The Bertz CT molecular complexity index is 998. The van der Waals surface area contributed by atoms with Gasteiger partial charge in [0.1, 0.15) is 11.6 Å². The molecule has 0 aromatic heterocycles. The van der Waals surface area contributed by atoms with Crippen molar-refractivity contribution in [3.63, 3.8) is 0 Å². The highest BCUT2D eigenvalue weighted by Gasteiger charge is 2.44. The van der Waals surface area contributed by atoms with Crippen LogP contribution in [0.25, 0.3) is 6.08 Å². The third-order valence-corrected chi connectivity index (χ3v) is 5.53. The summed E-state index contributed by atoms with van der Waals surface area (Å²) in [7, 11) is 0. The second-order valence-electron chi connectivity index (χ2n) is 8.32. The Morgan fingerprint density at radius 3 is 2.39 bits per heavy atom. The van der Waals surface area contributed by atoms with Crippen molar-refractivity contribution < 1.29 is 31.9 Å². The normalized spacial score (nSPS) is 17.1. The zero-order valence-electron chi connectivity index (χ0n) is 17.9. The van der Waals surface area contributed by atoms with Gasteiger partial charge in [0, 0.05) is 31.1 Å². The molecule has 4 nitrogen and oxygen atoms in total. The smallest absolute Gasteiger partial charge is 0.390 e. The van der Waals surface area contributed by atoms with Crippen LogP contribution in [0, 0.1) is 11.6 Å². The Kier molecular flexibility index (Phi) is 7.54. The second-order valence-corrected chi connectivity index (χ2v) is 8.32. The van der Waals surface area contributed by atoms with Gasteiger partial charge in [-0.2, -0.15) is 13.2 Å². The van der Waals surface area contributed by atoms with Gasteiger partial charge < -0.3 is 15.7 Å². The van der Waals surface area contributed by atoms with E-state index in [1.54, 1.807) is 24.3 Å². The largest absolute Gasteiger partial charge is 0.409 e. The first kappa shape index (κ1) is 24.9. The summed E-state index contributed by atoms with van der Waals surface area (Å²) in [5, 5.41) is 16.6. The first-order valence-electron chi connectivity index (χ1n) is 10.5. The second kappa shape index (κ2) is 10.0. The van der Waals surface area contributed by atoms with Crippen LogP contribution in [0.3, 0.4) is 0 Å². The molecule has 1 fully saturated rings. The van der Waals surface area contributed by atoms with Crippen molar-refractivity contribution in [1.82, 2.24) is 10.6 Å². The fourth-order valence-corrected chi connectivity index (χ4v) is 3.79. The Balaban J connectivity index is 1.69. The molecular weight excluding hydrogens is 443 g/mol. The fraction of sp³-hybridized carbons (Fsp3) is 0.375. The molecule has 3 N–H and O–H groups in total. The van der Waals surface area contributed by atoms with Gasteiger partial charge in [-0.1, -0.05) is 24.3 Å². The minimum absolute atomic E-state index is 0.0157. The number of hydrogen-bond acceptors (Lipinski definition) is 3. The zero-order valence-corrected chi connectivity index (χ0v) is 17.9. The lowest BCUT2D eigenvalue weighted by Crippen LogP contribution is -2.49. The Morgan fingerprint density at radius 2 is 1.82 bits per heavy atom. The van der Waals surface area contributed by atoms with E-state index in [-0.39, 0.29) is 24.6 Å². The van der Waals surface area contributed by atoms with Crippen LogP contribution < -0.4 is 10.6 Å². The van der Waals surface area contributed by atoms with Crippen molar-refractivity contribution in [1.29, 1.82) is 0 Å². The topological polar surface area (TPSA) is 61.4 Å². The fourth-order valence-electron chi connectivity index (χ4n) is 3.79. The lowest BCUT2D eigenvalue weighted by molar-refractivity contribution is -0.120. The van der Waals surface area contributed by atoms with E-state index in [0.717, 1.165) is 42.7 Å². The number of amides is 1. The lowest BCUT2D eigenvalue weighted by Gasteiger charge is -2.27. The molecule has 0 spiro atoms. The molecule has 33 heavy (non-hydrogen) atoms. The summed E-state index contributed by atoms with van der Waals surface area (Å²) in [5.74, 6) is -1.91. The molecule has 178 valence electrons. The number of rotatable bonds is 9. The van der Waals surface area contributed by atoms with Crippen LogP contribution in [-0.2, 0) is 16.8 Å². The number of benzene rings is 2. The first-order valence-corrected chi connectivity index (χ1v) is 10.5. The van der Waals surface area contributed by atoms with Crippen LogP contribution in [0.1, 0.15) is 36.5 Å². The molecule has 0 saturated heterocycles. The molecule has 3 rings (SSSR count). The van der Waals surface area contributed by atoms with Crippen molar-refractivity contribution >= 4 is 12.0 Å². The minimum Gasteiger partial charge on any atom is -0.390 e. The number of alkyl halides is 3. The van der Waals surface area contributed by atoms with E-state index in [2.05, 4.69) is 10.6 Å². The first-order chi connectivity index (χ1) is 15.5. The molecule has 1 amide bonds. The summed E-state index contributed by atoms with van der Waals surface area (Å²) >= 11 is 0. The maximum atomic E-state index is 13.5. The van der Waals surface area contributed by atoms with E-state index in [1.165, 1.54) is 6.92 Å². The maximum Gasteiger partial charge on any atom is 0.409 e. The van der Waals surface area contributed by atoms with Gasteiger partial charge in [-0.05, 0) is 54.2 Å². The zero-order chi connectivity index (χ0) is 24.2. The van der Waals surface area contributed by atoms with Crippen molar-refractivity contribution in [2.45, 2.75) is 50.0 Å². The highest BCUT2D eigenvalue weighted by atomic mass is 19.4. The number of carbonyl (C=O) groups is 1. The van der Waals surface area contributed by atoms with Crippen molar-refractivity contribution in [3.8, 4) is 0 Å². The van der Waals surface area contributed by atoms with Gasteiger partial charge in [-0.15, -0.1) is 0 Å². The quantitative estimate of drug-likeness (QED) is 0.483. The predicted molar refractivity (Wildman–Crippen MR) is 114 cm³/mol. The maximum absolute atomic E-state index is 13.5. The molecule has 0 bridgehead atoms. The van der Waals surface area contributed by atoms with Gasteiger partial charge in [0.05, 0.1) is 12.1 Å². The Hall–Kier alpha value is -2.78. The van der Waals surface area contributed by atoms with Crippen LogP contribution in [0.5, 0.6) is 0 Å². The third-order valence-electron chi connectivity index (χ3n) is 5.53. The molecule has 0 aliphatic heterocycles. The minimum atomic E-state index is -4.40. The van der Waals surface area contributed by atoms with Crippen LogP contribution in [-0.4, -0.2) is 35.9 Å². The summed E-state index contributed by atoms with van der Waals surface area (Å²) < 4.78 is 64.4. The van der Waals surface area contributed by atoms with Crippen molar-refractivity contribution in [3.05, 3.63) is 76.9 Å². The number of nitrogens with one attached hydrogen (secondary N) is 2. The molecule has 0 heterocycles. The van der Waals surface area contributed by atoms with E-state index in [9.17, 15) is 31.9 Å². The molecule has 2 unspecified atom stereocenters. The van der Waals surface area contributed by atoms with Crippen molar-refractivity contribution in [2.75, 3.05) is 6.54 Å². The summed E-state index contributed by atoms with van der Waals surface area (Å²) in [4.78, 5) is 11.6. The number of hydrogen-bond donors (Lipinski definition) is 3. The van der Waals surface area contributed by atoms with Crippen LogP contribution >= 0.6 is 0 Å². The summed E-state index contributed by atoms with van der Waals surface area (Å²) in [6.07, 6.45) is -2.83. The average Bonchev–Trinajstić information content (AvgIpc) is 3.50. The number of allylic oxidation sites excluding steroid dienone is 1. The van der Waals surface area contributed by atoms with Gasteiger partial charge in [-0.3, -0.25) is 4.79 Å². The molecule has 1 aliphatic carbocycles. The predicted octanol–water partition coefficient (Wildman–Crippen LogP) is 4.23. The van der Waals surface area contributed by atoms with Gasteiger partial charge in [0.25, 0.3) is 0 Å². The van der Waals surface area contributed by atoms with Gasteiger partial charge in [-0.25, -0.2) is 8.78 Å². The van der Waals surface area contributed by atoms with Crippen LogP contribution in [0.2, 0.25) is 0 Å². The standard InChI is InChI=1S/C24H25F5N2O2/c1-15(32)31-21(12-17-10-19(25)13-20(26)11-17)22(33)14-30-23(7-8-23)18-4-2-3-16(9-18)5-6-24(27,28)29/h2-6,9-11,13,21-22,30,33H,7-8,12,14H2,1H3,(H,31,32). The molecular formula is C24H25F5N2O2. The molecule has 1 saturated carbocycles. The van der Waals surface area contributed by atoms with E-state index in [0.29, 0.717) is 5.56 Å². The number of aliphatic hydroxyl groups excluding tert-OH is 1. The molecule has 1 aliphatic rings. The highest BCUT2D eigenvalue weighted by molar-refractivity contribution is 5.73. The summed E-state index contributed by atoms with van der Waals surface area (Å²) in [6, 6.07) is 8.93. The average molecular weight is 468 g/mol. The highest BCUT2D eigenvalue weighted by Crippen LogP contribution is 2.45. The molecule has 0 radical (unpaired) electrons. The number of carbonyl (C=O) groups excluding carboxylic acids is 1. The van der Waals surface area contributed by atoms with Gasteiger partial charge in [0.2, 0.25) is 5.91 Å². The molecule has 9 heteroatoms. The summed E-state index contributed by atoms with van der Waals surface area (Å²) in [6.45, 7) is 1.34. The molecule has 2 aromatic carbocycles. The number of halogens is 5. The Morgan fingerprint density at radius 1 is 1.15 bits per heavy atom. The van der Waals surface area contributed by atoms with E-state index >= 15 is 0 Å². The van der Waals surface area contributed by atoms with E-state index < -0.39 is 41.4 Å². The summed E-state index contributed by atoms with van der Waals surface area (Å²) in [5.41, 5.74) is 0.995. The van der Waals surface area contributed by atoms with Gasteiger partial charge >= 0.3 is 6.18 Å². The number of aliphatic hydroxyl groups is 1. The SMILES string of the molecule is CC(=O)NC(Cc1cc(F)cc(F)c1)C(O)CNC1(c2cccc(C=CC(F)(F)F)c2)CC1. The van der Waals surface area contributed by atoms with Crippen LogP contribution in [0.15, 0.2) is 48.5 Å². The third kappa shape index (κ3) is 7.36. The van der Waals surface area contributed by atoms with Crippen LogP contribution in [0.4, 0.5) is 22.0 Å². The van der Waals surface area contributed by atoms with E-state index in [1.807, 2.05) is 0 Å². The molecule has 2 aromatic rings. The van der Waals surface area contributed by atoms with E-state index in [4.69, 9.17) is 0 Å². The monoisotopic (exact) mass is 468 g/mol. The Labute approximate surface area is 188 Å². The van der Waals surface area contributed by atoms with Crippen molar-refractivity contribution in [2.24, 2.45) is 0 Å². The lowest BCUT2D eigenvalue weighted by atomic mass is 9.98.